The maximum Gasteiger partial charge on any atom is 0.296 e. The Labute approximate surface area is 261 Å². The smallest absolute Gasteiger partial charge is 0.293 e. The number of nitrogens with zero attached hydrogens (tertiary/aromatic N) is 3. The Balaban J connectivity index is 0.000000275. The SMILES string of the molecule is Cc1ccc2nc(-c3ccc4nc(C5C(=O)c6ccccc6C5=O)ccc4c3)sc2c1S(=O)(=O)O.c1ccc2ncccc2c1. The van der Waals surface area contributed by atoms with Gasteiger partial charge < -0.3 is 0 Å². The summed E-state index contributed by atoms with van der Waals surface area (Å²) < 4.78 is 33.9. The van der Waals surface area contributed by atoms with Gasteiger partial charge in [0.1, 0.15) is 15.8 Å². The normalized spacial score (nSPS) is 13.3. The zero-order valence-corrected chi connectivity index (χ0v) is 25.3. The molecule has 4 aromatic carbocycles. The van der Waals surface area contributed by atoms with Crippen LogP contribution in [0.1, 0.15) is 37.9 Å². The number of rotatable bonds is 3. The molecule has 1 aliphatic carbocycles. The molecule has 0 radical (unpaired) electrons. The third-order valence-corrected chi connectivity index (χ3v) is 10.0. The molecule has 0 amide bonds. The number of para-hydroxylation sites is 1. The lowest BCUT2D eigenvalue weighted by Gasteiger charge is -2.08. The molecule has 0 saturated heterocycles. The number of hydrogen-bond donors (Lipinski definition) is 1. The van der Waals surface area contributed by atoms with Crippen LogP contribution in [0.4, 0.5) is 0 Å². The summed E-state index contributed by atoms with van der Waals surface area (Å²) in [5, 5.41) is 2.58. The monoisotopic (exact) mass is 629 g/mol. The quantitative estimate of drug-likeness (QED) is 0.158. The van der Waals surface area contributed by atoms with Gasteiger partial charge in [0.15, 0.2) is 11.6 Å². The number of benzene rings is 4. The lowest BCUT2D eigenvalue weighted by atomic mass is 9.98. The standard InChI is InChI=1S/C26H16N2O5S2.C9H7N/c1-13-6-9-20-24(25(13)35(31,32)33)34-26(28-20)15-8-10-18-14(12-15)7-11-19(27-18)21-22(29)16-4-2-3-5-17(16)23(21)30;1-2-6-9-8(4-1)5-3-7-10-9/h2-12,21H,1H3,(H,31,32,33);1-7H. The number of carbonyl (C=O) groups is 2. The van der Waals surface area contributed by atoms with Crippen LogP contribution in [0, 0.1) is 6.92 Å². The highest BCUT2D eigenvalue weighted by Gasteiger charge is 2.40. The highest BCUT2D eigenvalue weighted by Crippen LogP contribution is 2.37. The number of Topliss-reactive ketones (excluding diaryl/α,β-unsaturated/α-hetero) is 2. The second-order valence-corrected chi connectivity index (χ2v) is 13.0. The predicted octanol–water partition coefficient (Wildman–Crippen LogP) is 7.46. The Kier molecular flexibility index (Phi) is 7.04. The first kappa shape index (κ1) is 28.6. The summed E-state index contributed by atoms with van der Waals surface area (Å²) in [7, 11) is -4.40. The van der Waals surface area contributed by atoms with Crippen molar-refractivity contribution in [2.24, 2.45) is 0 Å². The largest absolute Gasteiger partial charge is 0.296 e. The molecule has 1 N–H and O–H groups in total. The maximum atomic E-state index is 12.9. The van der Waals surface area contributed by atoms with Crippen molar-refractivity contribution in [2.75, 3.05) is 0 Å². The van der Waals surface area contributed by atoms with Crippen molar-refractivity contribution in [3.8, 4) is 10.6 Å². The fraction of sp³-hybridized carbons (Fsp3) is 0.0571. The molecular formula is C35H23N3O5S2. The first-order valence-corrected chi connectivity index (χ1v) is 16.2. The molecule has 0 fully saturated rings. The van der Waals surface area contributed by atoms with E-state index in [1.165, 1.54) is 16.7 Å². The molecule has 220 valence electrons. The lowest BCUT2D eigenvalue weighted by Crippen LogP contribution is -2.14. The number of fused-ring (bicyclic) bond motifs is 4. The van der Waals surface area contributed by atoms with Gasteiger partial charge in [0.05, 0.1) is 26.9 Å². The Bertz CT molecular complexity index is 2340. The number of aromatic nitrogens is 3. The molecule has 0 spiro atoms. The van der Waals surface area contributed by atoms with Gasteiger partial charge in [0, 0.05) is 33.7 Å². The van der Waals surface area contributed by atoms with Crippen LogP contribution in [-0.4, -0.2) is 39.5 Å². The van der Waals surface area contributed by atoms with E-state index in [9.17, 15) is 22.6 Å². The van der Waals surface area contributed by atoms with E-state index in [4.69, 9.17) is 0 Å². The highest BCUT2D eigenvalue weighted by molar-refractivity contribution is 7.86. The molecule has 0 aliphatic heterocycles. The minimum absolute atomic E-state index is 0.127. The van der Waals surface area contributed by atoms with Gasteiger partial charge in [-0.25, -0.2) is 4.98 Å². The Morgan fingerprint density at radius 2 is 1.40 bits per heavy atom. The third kappa shape index (κ3) is 5.18. The van der Waals surface area contributed by atoms with Crippen LogP contribution in [0.15, 0.2) is 114 Å². The summed E-state index contributed by atoms with van der Waals surface area (Å²) in [5.41, 5.74) is 4.63. The van der Waals surface area contributed by atoms with E-state index >= 15 is 0 Å². The molecule has 8 rings (SSSR count). The minimum atomic E-state index is -4.40. The first-order valence-electron chi connectivity index (χ1n) is 13.9. The van der Waals surface area contributed by atoms with Gasteiger partial charge in [-0.1, -0.05) is 60.7 Å². The third-order valence-electron chi connectivity index (χ3n) is 7.71. The van der Waals surface area contributed by atoms with Crippen molar-refractivity contribution in [1.82, 2.24) is 15.0 Å². The van der Waals surface area contributed by atoms with Gasteiger partial charge in [0.2, 0.25) is 0 Å². The van der Waals surface area contributed by atoms with E-state index in [2.05, 4.69) is 27.1 Å². The lowest BCUT2D eigenvalue weighted by molar-refractivity contribution is 0.0888. The number of pyridine rings is 2. The van der Waals surface area contributed by atoms with Crippen molar-refractivity contribution in [2.45, 2.75) is 17.7 Å². The molecule has 0 atom stereocenters. The Hall–Kier alpha value is -5.16. The molecular weight excluding hydrogens is 607 g/mol. The molecule has 7 aromatic rings. The van der Waals surface area contributed by atoms with E-state index < -0.39 is 16.0 Å². The summed E-state index contributed by atoms with van der Waals surface area (Å²) in [4.78, 5) is 38.9. The van der Waals surface area contributed by atoms with Gasteiger partial charge in [0.25, 0.3) is 10.1 Å². The second-order valence-electron chi connectivity index (χ2n) is 10.6. The van der Waals surface area contributed by atoms with Crippen LogP contribution in [0.2, 0.25) is 0 Å². The number of aryl methyl sites for hydroxylation is 1. The molecule has 0 bridgehead atoms. The maximum absolute atomic E-state index is 12.9. The van der Waals surface area contributed by atoms with E-state index in [0.29, 0.717) is 43.1 Å². The predicted molar refractivity (Wildman–Crippen MR) is 174 cm³/mol. The van der Waals surface area contributed by atoms with Gasteiger partial charge in [-0.3, -0.25) is 24.1 Å². The Morgan fingerprint density at radius 1 is 0.711 bits per heavy atom. The van der Waals surface area contributed by atoms with E-state index in [1.54, 1.807) is 55.5 Å². The highest BCUT2D eigenvalue weighted by atomic mass is 32.2. The van der Waals surface area contributed by atoms with Crippen molar-refractivity contribution in [3.05, 3.63) is 132 Å². The molecule has 8 nitrogen and oxygen atoms in total. The number of carbonyl (C=O) groups excluding carboxylic acids is 2. The van der Waals surface area contributed by atoms with Crippen molar-refractivity contribution < 1.29 is 22.6 Å². The minimum Gasteiger partial charge on any atom is -0.293 e. The van der Waals surface area contributed by atoms with E-state index in [0.717, 1.165) is 16.5 Å². The van der Waals surface area contributed by atoms with E-state index in [1.807, 2.05) is 48.7 Å². The van der Waals surface area contributed by atoms with Gasteiger partial charge in [-0.15, -0.1) is 11.3 Å². The average Bonchev–Trinajstić information content (AvgIpc) is 3.58. The molecule has 0 saturated carbocycles. The van der Waals surface area contributed by atoms with E-state index in [-0.39, 0.29) is 16.5 Å². The van der Waals surface area contributed by atoms with Gasteiger partial charge >= 0.3 is 0 Å². The average molecular weight is 630 g/mol. The van der Waals surface area contributed by atoms with Crippen molar-refractivity contribution >= 4 is 65.0 Å². The van der Waals surface area contributed by atoms with Gasteiger partial charge in [-0.2, -0.15) is 8.42 Å². The van der Waals surface area contributed by atoms with Crippen LogP contribution in [0.25, 0.3) is 42.6 Å². The molecule has 3 heterocycles. The fourth-order valence-corrected chi connectivity index (χ4v) is 7.88. The number of thiazole rings is 1. The fourth-order valence-electron chi connectivity index (χ4n) is 5.57. The summed E-state index contributed by atoms with van der Waals surface area (Å²) in [5.74, 6) is -1.43. The molecule has 3 aromatic heterocycles. The second kappa shape index (κ2) is 11.1. The van der Waals surface area contributed by atoms with Crippen LogP contribution >= 0.6 is 11.3 Å². The number of ketones is 2. The summed E-state index contributed by atoms with van der Waals surface area (Å²) in [6.45, 7) is 1.62. The summed E-state index contributed by atoms with van der Waals surface area (Å²) in [6.07, 6.45) is 1.81. The number of hydrogen-bond acceptors (Lipinski definition) is 8. The van der Waals surface area contributed by atoms with Crippen molar-refractivity contribution in [3.63, 3.8) is 0 Å². The molecule has 1 aliphatic rings. The summed E-state index contributed by atoms with van der Waals surface area (Å²) >= 11 is 1.18. The molecule has 10 heteroatoms. The topological polar surface area (TPSA) is 127 Å². The Morgan fingerprint density at radius 3 is 2.13 bits per heavy atom. The van der Waals surface area contributed by atoms with Crippen LogP contribution in [0.5, 0.6) is 0 Å². The molecule has 0 unspecified atom stereocenters. The molecule has 45 heavy (non-hydrogen) atoms. The van der Waals surface area contributed by atoms with Crippen LogP contribution in [0.3, 0.4) is 0 Å². The van der Waals surface area contributed by atoms with Gasteiger partial charge in [-0.05, 0) is 55.0 Å². The van der Waals surface area contributed by atoms with Crippen molar-refractivity contribution in [1.29, 1.82) is 0 Å². The summed E-state index contributed by atoms with van der Waals surface area (Å²) in [6, 6.07) is 31.2. The van der Waals surface area contributed by atoms with Crippen LogP contribution < -0.4 is 0 Å². The zero-order chi connectivity index (χ0) is 31.3. The van der Waals surface area contributed by atoms with Crippen LogP contribution in [-0.2, 0) is 10.1 Å². The first-order chi connectivity index (χ1) is 21.7. The zero-order valence-electron chi connectivity index (χ0n) is 23.7.